The number of carbonyl (C=O) groups excluding carboxylic acids is 3. The smallest absolute Gasteiger partial charge is 0.306 e. The van der Waals surface area contributed by atoms with Crippen molar-refractivity contribution in [1.82, 2.24) is 0 Å². The second kappa shape index (κ2) is 45.1. The van der Waals surface area contributed by atoms with Gasteiger partial charge in [-0.2, -0.15) is 0 Å². The van der Waals surface area contributed by atoms with Gasteiger partial charge in [0.05, 0.1) is 0 Å². The SMILES string of the molecule is CC/C=C\C/C=C\C/C=C\C/C=C\CCCCCCCCC(=O)OCC(COC(=O)CCCCCCCCC)OC(=O)CCCCCCCCCCCCCC. The van der Waals surface area contributed by atoms with Gasteiger partial charge in [0.15, 0.2) is 6.10 Å². The van der Waals surface area contributed by atoms with Gasteiger partial charge in [0.2, 0.25) is 0 Å². The summed E-state index contributed by atoms with van der Waals surface area (Å²) in [7, 11) is 0. The number of rotatable bonds is 42. The Morgan fingerprint density at radius 1 is 0.375 bits per heavy atom. The molecule has 0 saturated carbocycles. The molecule has 6 heteroatoms. The lowest BCUT2D eigenvalue weighted by atomic mass is 10.0. The Bertz CT molecular complexity index is 996. The van der Waals surface area contributed by atoms with Crippen molar-refractivity contribution in [3.63, 3.8) is 0 Å². The van der Waals surface area contributed by atoms with Crippen LogP contribution in [-0.2, 0) is 28.6 Å². The highest BCUT2D eigenvalue weighted by atomic mass is 16.6. The highest BCUT2D eigenvalue weighted by Crippen LogP contribution is 2.14. The van der Waals surface area contributed by atoms with Crippen LogP contribution in [0.2, 0.25) is 0 Å². The molecule has 56 heavy (non-hydrogen) atoms. The number of unbranched alkanes of at least 4 members (excludes halogenated alkanes) is 23. The lowest BCUT2D eigenvalue weighted by Crippen LogP contribution is -2.30. The summed E-state index contributed by atoms with van der Waals surface area (Å²) in [4.78, 5) is 37.6. The van der Waals surface area contributed by atoms with Crippen LogP contribution in [0.4, 0.5) is 0 Å². The zero-order valence-corrected chi connectivity index (χ0v) is 36.9. The minimum atomic E-state index is -0.771. The second-order valence-electron chi connectivity index (χ2n) is 15.6. The molecule has 0 saturated heterocycles. The van der Waals surface area contributed by atoms with E-state index in [1.165, 1.54) is 103 Å². The van der Waals surface area contributed by atoms with E-state index in [1.54, 1.807) is 0 Å². The van der Waals surface area contributed by atoms with Crippen LogP contribution in [0.3, 0.4) is 0 Å². The molecule has 0 rings (SSSR count). The van der Waals surface area contributed by atoms with E-state index in [9.17, 15) is 14.4 Å². The van der Waals surface area contributed by atoms with Crippen LogP contribution in [0.1, 0.15) is 233 Å². The summed E-state index contributed by atoms with van der Waals surface area (Å²) in [6.07, 6.45) is 52.5. The van der Waals surface area contributed by atoms with E-state index < -0.39 is 6.10 Å². The van der Waals surface area contributed by atoms with Crippen LogP contribution in [0.25, 0.3) is 0 Å². The molecule has 0 fully saturated rings. The van der Waals surface area contributed by atoms with Crippen LogP contribution in [0.15, 0.2) is 48.6 Å². The summed E-state index contributed by atoms with van der Waals surface area (Å²) < 4.78 is 16.7. The van der Waals surface area contributed by atoms with E-state index in [-0.39, 0.29) is 31.1 Å². The summed E-state index contributed by atoms with van der Waals surface area (Å²) in [6, 6.07) is 0. The van der Waals surface area contributed by atoms with Gasteiger partial charge in [-0.1, -0.05) is 204 Å². The van der Waals surface area contributed by atoms with Crippen LogP contribution < -0.4 is 0 Å². The number of hydrogen-bond donors (Lipinski definition) is 0. The van der Waals surface area contributed by atoms with Gasteiger partial charge in [-0.3, -0.25) is 14.4 Å². The Morgan fingerprint density at radius 3 is 1.09 bits per heavy atom. The van der Waals surface area contributed by atoms with Crippen molar-refractivity contribution in [2.75, 3.05) is 13.2 Å². The zero-order valence-electron chi connectivity index (χ0n) is 36.9. The maximum atomic E-state index is 12.7. The lowest BCUT2D eigenvalue weighted by Gasteiger charge is -2.18. The van der Waals surface area contributed by atoms with Crippen LogP contribution in [-0.4, -0.2) is 37.2 Å². The van der Waals surface area contributed by atoms with E-state index in [0.717, 1.165) is 89.9 Å². The van der Waals surface area contributed by atoms with Gasteiger partial charge < -0.3 is 14.2 Å². The molecule has 0 aromatic heterocycles. The average molecular weight is 785 g/mol. The van der Waals surface area contributed by atoms with Gasteiger partial charge in [-0.25, -0.2) is 0 Å². The molecule has 0 heterocycles. The van der Waals surface area contributed by atoms with E-state index >= 15 is 0 Å². The third-order valence-corrected chi connectivity index (χ3v) is 10.1. The quantitative estimate of drug-likeness (QED) is 0.0265. The molecule has 1 atom stereocenters. The van der Waals surface area contributed by atoms with Gasteiger partial charge in [0, 0.05) is 19.3 Å². The minimum absolute atomic E-state index is 0.0757. The molecule has 6 nitrogen and oxygen atoms in total. The average Bonchev–Trinajstić information content (AvgIpc) is 3.19. The Kier molecular flexibility index (Phi) is 43.0. The van der Waals surface area contributed by atoms with Crippen molar-refractivity contribution < 1.29 is 28.6 Å². The van der Waals surface area contributed by atoms with Crippen molar-refractivity contribution in [3.8, 4) is 0 Å². The number of allylic oxidation sites excluding steroid dienone is 8. The van der Waals surface area contributed by atoms with Gasteiger partial charge in [-0.05, 0) is 57.8 Å². The highest BCUT2D eigenvalue weighted by Gasteiger charge is 2.19. The molecule has 0 aliphatic heterocycles. The maximum absolute atomic E-state index is 12.7. The fourth-order valence-corrected chi connectivity index (χ4v) is 6.55. The molecule has 0 spiro atoms. The van der Waals surface area contributed by atoms with E-state index in [2.05, 4.69) is 69.4 Å². The molecule has 324 valence electrons. The first-order valence-corrected chi connectivity index (χ1v) is 23.6. The molecule has 0 aromatic rings. The Hall–Kier alpha value is -2.63. The summed E-state index contributed by atoms with van der Waals surface area (Å²) in [5.41, 5.74) is 0. The molecule has 0 radical (unpaired) electrons. The van der Waals surface area contributed by atoms with E-state index in [0.29, 0.717) is 19.3 Å². The standard InChI is InChI=1S/C50H88O6/c1-4-7-10-13-16-18-20-22-23-24-25-26-27-28-30-31-34-37-40-43-49(52)55-46-47(45-54-48(51)42-39-36-33-15-12-9-6-3)56-50(53)44-41-38-35-32-29-21-19-17-14-11-8-5-2/h7,10,16,18,22-23,25-26,47H,4-6,8-9,11-15,17,19-21,24,27-46H2,1-3H3/b10-7-,18-16-,23-22-,26-25-. The van der Waals surface area contributed by atoms with E-state index in [1.807, 2.05) is 0 Å². The number of hydrogen-bond acceptors (Lipinski definition) is 6. The molecule has 0 amide bonds. The minimum Gasteiger partial charge on any atom is -0.462 e. The topological polar surface area (TPSA) is 78.9 Å². The van der Waals surface area contributed by atoms with Gasteiger partial charge in [-0.15, -0.1) is 0 Å². The van der Waals surface area contributed by atoms with Gasteiger partial charge in [0.1, 0.15) is 13.2 Å². The molecular formula is C50H88O6. The summed E-state index contributed by atoms with van der Waals surface area (Å²) in [5.74, 6) is -0.894. The first-order chi connectivity index (χ1) is 27.5. The van der Waals surface area contributed by atoms with Crippen LogP contribution >= 0.6 is 0 Å². The third kappa shape index (κ3) is 42.5. The summed E-state index contributed by atoms with van der Waals surface area (Å²) in [6.45, 7) is 6.46. The number of esters is 3. The van der Waals surface area contributed by atoms with Crippen molar-refractivity contribution in [3.05, 3.63) is 48.6 Å². The predicted octanol–water partition coefficient (Wildman–Crippen LogP) is 15.1. The molecule has 0 aliphatic carbocycles. The molecular weight excluding hydrogens is 697 g/mol. The zero-order chi connectivity index (χ0) is 40.8. The highest BCUT2D eigenvalue weighted by molar-refractivity contribution is 5.71. The Morgan fingerprint density at radius 2 is 0.696 bits per heavy atom. The monoisotopic (exact) mass is 785 g/mol. The van der Waals surface area contributed by atoms with Gasteiger partial charge >= 0.3 is 17.9 Å². The second-order valence-corrected chi connectivity index (χ2v) is 15.6. The Balaban J connectivity index is 4.28. The van der Waals surface area contributed by atoms with Crippen molar-refractivity contribution in [2.24, 2.45) is 0 Å². The van der Waals surface area contributed by atoms with Crippen LogP contribution in [0.5, 0.6) is 0 Å². The third-order valence-electron chi connectivity index (χ3n) is 10.1. The summed E-state index contributed by atoms with van der Waals surface area (Å²) in [5, 5.41) is 0. The molecule has 0 N–H and O–H groups in total. The predicted molar refractivity (Wildman–Crippen MR) is 238 cm³/mol. The molecule has 0 aromatic carbocycles. The van der Waals surface area contributed by atoms with E-state index in [4.69, 9.17) is 14.2 Å². The van der Waals surface area contributed by atoms with Gasteiger partial charge in [0.25, 0.3) is 0 Å². The first kappa shape index (κ1) is 53.4. The fourth-order valence-electron chi connectivity index (χ4n) is 6.55. The van der Waals surface area contributed by atoms with Crippen LogP contribution in [0, 0.1) is 0 Å². The fraction of sp³-hybridized carbons (Fsp3) is 0.780. The first-order valence-electron chi connectivity index (χ1n) is 23.6. The molecule has 0 aliphatic rings. The normalized spacial score (nSPS) is 12.4. The van der Waals surface area contributed by atoms with Crippen molar-refractivity contribution >= 4 is 17.9 Å². The number of ether oxygens (including phenoxy) is 3. The maximum Gasteiger partial charge on any atom is 0.306 e. The molecule has 1 unspecified atom stereocenters. The lowest BCUT2D eigenvalue weighted by molar-refractivity contribution is -0.167. The summed E-state index contributed by atoms with van der Waals surface area (Å²) >= 11 is 0. The van der Waals surface area contributed by atoms with Crippen molar-refractivity contribution in [2.45, 2.75) is 239 Å². The molecule has 0 bridgehead atoms. The Labute approximate surface area is 346 Å². The number of carbonyl (C=O) groups is 3. The largest absolute Gasteiger partial charge is 0.462 e. The van der Waals surface area contributed by atoms with Crippen molar-refractivity contribution in [1.29, 1.82) is 0 Å².